The SMILES string of the molecule is CC(C)=CC(O)CC(C)C1CCC2(C)C3C(O)C=C4C(CCC(OC(=O)CC(=O)O)C4(C)C)C3(C=O)CCC12C. The number of carboxylic acids is 1. The third-order valence-electron chi connectivity index (χ3n) is 12.0. The highest BCUT2D eigenvalue weighted by Gasteiger charge is 2.70. The molecule has 10 atom stereocenters. The molecule has 3 saturated carbocycles. The van der Waals surface area contributed by atoms with Gasteiger partial charge < -0.3 is 24.9 Å². The molecule has 0 aromatic carbocycles. The fourth-order valence-electron chi connectivity index (χ4n) is 10.1. The van der Waals surface area contributed by atoms with Gasteiger partial charge in [0.25, 0.3) is 0 Å². The lowest BCUT2D eigenvalue weighted by Crippen LogP contribution is -2.64. The van der Waals surface area contributed by atoms with Gasteiger partial charge in [0.05, 0.1) is 12.2 Å². The molecule has 0 radical (unpaired) electrons. The van der Waals surface area contributed by atoms with Crippen LogP contribution in [0.4, 0.5) is 0 Å². The molecule has 10 unspecified atom stereocenters. The van der Waals surface area contributed by atoms with Crippen LogP contribution in [0.1, 0.15) is 99.8 Å². The third-order valence-corrected chi connectivity index (χ3v) is 12.0. The number of esters is 1. The van der Waals surface area contributed by atoms with E-state index in [4.69, 9.17) is 9.84 Å². The molecular weight excluding hydrogens is 508 g/mol. The molecule has 0 spiro atoms. The number of aliphatic carboxylic acids is 1. The molecule has 0 saturated heterocycles. The van der Waals surface area contributed by atoms with Crippen molar-refractivity contribution in [3.05, 3.63) is 23.3 Å². The Morgan fingerprint density at radius 2 is 1.75 bits per heavy atom. The van der Waals surface area contributed by atoms with E-state index in [1.165, 1.54) is 0 Å². The standard InChI is InChI=1S/C33H50O7/c1-19(2)14-21(35)15-20(3)22-10-11-32(7)29-25(36)16-24-23(33(29,18-34)13-12-31(22,32)6)8-9-26(30(24,4)5)40-28(39)17-27(37)38/h14,16,18,20-23,25-26,29,35-36H,8-13,15,17H2,1-7H3,(H,37,38). The summed E-state index contributed by atoms with van der Waals surface area (Å²) < 4.78 is 5.65. The number of carbonyl (C=O) groups excluding carboxylic acids is 2. The van der Waals surface area contributed by atoms with Gasteiger partial charge in [-0.05, 0) is 87.4 Å². The van der Waals surface area contributed by atoms with Crippen molar-refractivity contribution in [3.8, 4) is 0 Å². The van der Waals surface area contributed by atoms with Crippen LogP contribution in [-0.2, 0) is 19.1 Å². The molecule has 0 aromatic heterocycles. The maximum atomic E-state index is 13.3. The summed E-state index contributed by atoms with van der Waals surface area (Å²) in [6, 6.07) is 0. The van der Waals surface area contributed by atoms with Gasteiger partial charge in [-0.1, -0.05) is 57.9 Å². The number of hydrogen-bond donors (Lipinski definition) is 3. The van der Waals surface area contributed by atoms with Crippen molar-refractivity contribution in [3.63, 3.8) is 0 Å². The number of allylic oxidation sites excluding steroid dienone is 1. The number of carboxylic acid groups (broad SMARTS) is 1. The van der Waals surface area contributed by atoms with Crippen molar-refractivity contribution >= 4 is 18.2 Å². The van der Waals surface area contributed by atoms with Gasteiger partial charge in [0.2, 0.25) is 0 Å². The molecule has 224 valence electrons. The summed E-state index contributed by atoms with van der Waals surface area (Å²) >= 11 is 0. The van der Waals surface area contributed by atoms with Crippen molar-refractivity contribution in [1.29, 1.82) is 0 Å². The highest BCUT2D eigenvalue weighted by atomic mass is 16.5. The molecular formula is C33H50O7. The Morgan fingerprint density at radius 3 is 2.35 bits per heavy atom. The first-order chi connectivity index (χ1) is 18.5. The maximum Gasteiger partial charge on any atom is 0.317 e. The van der Waals surface area contributed by atoms with Crippen molar-refractivity contribution < 1.29 is 34.4 Å². The van der Waals surface area contributed by atoms with E-state index >= 15 is 0 Å². The molecule has 7 nitrogen and oxygen atoms in total. The molecule has 0 heterocycles. The Morgan fingerprint density at radius 1 is 1.07 bits per heavy atom. The molecule has 3 fully saturated rings. The van der Waals surface area contributed by atoms with Crippen LogP contribution in [0.2, 0.25) is 0 Å². The summed E-state index contributed by atoms with van der Waals surface area (Å²) in [5.41, 5.74) is 0.419. The molecule has 4 aliphatic rings. The fourth-order valence-corrected chi connectivity index (χ4v) is 10.1. The Hall–Kier alpha value is -1.99. The summed E-state index contributed by atoms with van der Waals surface area (Å²) in [5, 5.41) is 31.6. The molecule has 0 aromatic rings. The lowest BCUT2D eigenvalue weighted by atomic mass is 9.38. The number of ether oxygens (including phenoxy) is 1. The number of hydrogen-bond acceptors (Lipinski definition) is 6. The number of aldehydes is 1. The van der Waals surface area contributed by atoms with E-state index in [0.29, 0.717) is 37.5 Å². The Balaban J connectivity index is 1.67. The molecule has 4 aliphatic carbocycles. The van der Waals surface area contributed by atoms with E-state index in [0.717, 1.165) is 36.7 Å². The second kappa shape index (κ2) is 10.7. The normalized spacial score (nSPS) is 41.3. The number of aliphatic hydroxyl groups is 2. The van der Waals surface area contributed by atoms with Gasteiger partial charge in [0.15, 0.2) is 0 Å². The molecule has 7 heteroatoms. The first-order valence-electron chi connectivity index (χ1n) is 15.1. The molecule has 3 N–H and O–H groups in total. The minimum absolute atomic E-state index is 0.0554. The van der Waals surface area contributed by atoms with Gasteiger partial charge in [-0.3, -0.25) is 9.59 Å². The fraction of sp³-hybridized carbons (Fsp3) is 0.788. The van der Waals surface area contributed by atoms with Gasteiger partial charge in [-0.25, -0.2) is 0 Å². The second-order valence-electron chi connectivity index (χ2n) is 14.7. The van der Waals surface area contributed by atoms with E-state index in [1.807, 2.05) is 39.8 Å². The van der Waals surface area contributed by atoms with E-state index < -0.39 is 47.5 Å². The smallest absolute Gasteiger partial charge is 0.317 e. The van der Waals surface area contributed by atoms with Gasteiger partial charge in [0.1, 0.15) is 18.8 Å². The zero-order valence-electron chi connectivity index (χ0n) is 25.4. The first-order valence-corrected chi connectivity index (χ1v) is 15.1. The summed E-state index contributed by atoms with van der Waals surface area (Å²) in [7, 11) is 0. The Kier molecular flexibility index (Phi) is 8.27. The van der Waals surface area contributed by atoms with Crippen LogP contribution in [0.25, 0.3) is 0 Å². The van der Waals surface area contributed by atoms with E-state index in [1.54, 1.807) is 0 Å². The van der Waals surface area contributed by atoms with Crippen molar-refractivity contribution in [1.82, 2.24) is 0 Å². The van der Waals surface area contributed by atoms with Gasteiger partial charge in [-0.15, -0.1) is 0 Å². The van der Waals surface area contributed by atoms with Crippen LogP contribution < -0.4 is 0 Å². The van der Waals surface area contributed by atoms with Crippen LogP contribution in [-0.4, -0.2) is 51.9 Å². The average molecular weight is 559 g/mol. The Labute approximate surface area is 239 Å². The molecule has 0 aliphatic heterocycles. The summed E-state index contributed by atoms with van der Waals surface area (Å²) in [4.78, 5) is 36.6. The predicted octanol–water partition coefficient (Wildman–Crippen LogP) is 5.48. The highest BCUT2D eigenvalue weighted by molar-refractivity contribution is 5.90. The van der Waals surface area contributed by atoms with Crippen LogP contribution in [0.15, 0.2) is 23.3 Å². The van der Waals surface area contributed by atoms with Crippen LogP contribution >= 0.6 is 0 Å². The van der Waals surface area contributed by atoms with Crippen LogP contribution in [0, 0.1) is 45.3 Å². The number of aliphatic hydroxyl groups excluding tert-OH is 2. The average Bonchev–Trinajstić information content (AvgIpc) is 3.11. The monoisotopic (exact) mass is 558 g/mol. The number of carbonyl (C=O) groups is 3. The van der Waals surface area contributed by atoms with Crippen molar-refractivity contribution in [2.45, 2.75) is 118 Å². The zero-order valence-corrected chi connectivity index (χ0v) is 25.4. The molecule has 0 amide bonds. The summed E-state index contributed by atoms with van der Waals surface area (Å²) in [6.07, 6.45) is 8.00. The van der Waals surface area contributed by atoms with E-state index in [2.05, 4.69) is 20.8 Å². The minimum Gasteiger partial charge on any atom is -0.481 e. The lowest BCUT2D eigenvalue weighted by molar-refractivity contribution is -0.186. The third kappa shape index (κ3) is 4.79. The quantitative estimate of drug-likeness (QED) is 0.156. The second-order valence-corrected chi connectivity index (χ2v) is 14.7. The lowest BCUT2D eigenvalue weighted by Gasteiger charge is -2.66. The highest BCUT2D eigenvalue weighted by Crippen LogP contribution is 2.74. The molecule has 4 rings (SSSR count). The van der Waals surface area contributed by atoms with E-state index in [-0.39, 0.29) is 22.7 Å². The minimum atomic E-state index is -1.22. The molecule has 40 heavy (non-hydrogen) atoms. The number of fused-ring (bicyclic) bond motifs is 5. The maximum absolute atomic E-state index is 13.3. The van der Waals surface area contributed by atoms with Gasteiger partial charge in [0, 0.05) is 16.7 Å². The largest absolute Gasteiger partial charge is 0.481 e. The Bertz CT molecular complexity index is 1090. The number of rotatable bonds is 8. The summed E-state index contributed by atoms with van der Waals surface area (Å²) in [5.74, 6) is -1.55. The van der Waals surface area contributed by atoms with Crippen LogP contribution in [0.5, 0.6) is 0 Å². The first kappa shape index (κ1) is 31.0. The van der Waals surface area contributed by atoms with Crippen molar-refractivity contribution in [2.24, 2.45) is 45.3 Å². The van der Waals surface area contributed by atoms with E-state index in [9.17, 15) is 24.6 Å². The summed E-state index contributed by atoms with van der Waals surface area (Å²) in [6.45, 7) is 14.9. The molecule has 0 bridgehead atoms. The van der Waals surface area contributed by atoms with Gasteiger partial charge in [-0.2, -0.15) is 0 Å². The van der Waals surface area contributed by atoms with Crippen molar-refractivity contribution in [2.75, 3.05) is 0 Å². The predicted molar refractivity (Wildman–Crippen MR) is 152 cm³/mol. The topological polar surface area (TPSA) is 121 Å². The van der Waals surface area contributed by atoms with Crippen LogP contribution in [0.3, 0.4) is 0 Å². The van der Waals surface area contributed by atoms with Gasteiger partial charge >= 0.3 is 11.9 Å². The zero-order chi connectivity index (χ0) is 29.8.